The molecule has 3 saturated heterocycles. The number of hydrogen-bond acceptors (Lipinski definition) is 5. The normalized spacial score (nSPS) is 35.4. The predicted octanol–water partition coefficient (Wildman–Crippen LogP) is 1.40. The van der Waals surface area contributed by atoms with E-state index in [1.807, 2.05) is 0 Å². The van der Waals surface area contributed by atoms with Crippen molar-refractivity contribution in [2.24, 2.45) is 11.8 Å². The minimum atomic E-state index is -1.20. The number of ether oxygens (including phenoxy) is 1. The van der Waals surface area contributed by atoms with E-state index in [9.17, 15) is 24.6 Å². The van der Waals surface area contributed by atoms with Crippen molar-refractivity contribution in [1.82, 2.24) is 9.80 Å². The Morgan fingerprint density at radius 3 is 2.73 bits per heavy atom. The zero-order valence-corrected chi connectivity index (χ0v) is 19.1. The fourth-order valence-electron chi connectivity index (χ4n) is 5.36. The zero-order chi connectivity index (χ0) is 22.2. The van der Waals surface area contributed by atoms with Crippen molar-refractivity contribution in [1.29, 1.82) is 0 Å². The predicted molar refractivity (Wildman–Crippen MR) is 113 cm³/mol. The molecule has 2 bridgehead atoms. The highest BCUT2D eigenvalue weighted by Gasteiger charge is 2.77. The minimum Gasteiger partial charge on any atom is -0.481 e. The lowest BCUT2D eigenvalue weighted by Crippen LogP contribution is -2.58. The lowest BCUT2D eigenvalue weighted by Gasteiger charge is -2.38. The summed E-state index contributed by atoms with van der Waals surface area (Å²) in [6, 6.07) is -1.59. The first-order valence-electron chi connectivity index (χ1n) is 10.6. The van der Waals surface area contributed by atoms with E-state index in [-0.39, 0.29) is 17.3 Å². The number of halogens is 1. The molecule has 3 aliphatic rings. The summed E-state index contributed by atoms with van der Waals surface area (Å²) >= 11 is 3.52. The largest absolute Gasteiger partial charge is 0.481 e. The van der Waals surface area contributed by atoms with Crippen molar-refractivity contribution >= 4 is 33.7 Å². The molecule has 3 rings (SSSR count). The number of nitrogens with zero attached hydrogens (tertiary/aromatic N) is 2. The second kappa shape index (κ2) is 8.96. The van der Waals surface area contributed by atoms with Crippen LogP contribution in [0, 0.1) is 11.8 Å². The van der Waals surface area contributed by atoms with Crippen LogP contribution in [0.25, 0.3) is 0 Å². The van der Waals surface area contributed by atoms with E-state index in [0.717, 1.165) is 19.3 Å². The van der Waals surface area contributed by atoms with Crippen LogP contribution in [-0.4, -0.2) is 86.1 Å². The van der Waals surface area contributed by atoms with Crippen LogP contribution in [-0.2, 0) is 19.1 Å². The van der Waals surface area contributed by atoms with Gasteiger partial charge in [-0.3, -0.25) is 14.4 Å². The highest BCUT2D eigenvalue weighted by atomic mass is 79.9. The zero-order valence-electron chi connectivity index (χ0n) is 17.5. The van der Waals surface area contributed by atoms with Gasteiger partial charge in [-0.25, -0.2) is 0 Å². The third-order valence-corrected chi connectivity index (χ3v) is 7.52. The molecule has 0 aliphatic carbocycles. The summed E-state index contributed by atoms with van der Waals surface area (Å²) in [5, 5.41) is 19.6. The standard InChI is InChI=1S/C21H31BrN2O6/c1-4-6-7-9-23(8-5-2)19(27)17-21-10-13(22)16(30-21)14(20(28)29)15(21)18(26)24(17)12(3)11-25/h5,12-17,25H,2,4,6-11H2,1,3H3,(H,28,29)/t12-,13?,14-,15+,16-,17?,21?/m1/s1. The number of carboxylic acids is 1. The number of unbranched alkanes of at least 4 members (excludes halogenated alkanes) is 2. The summed E-state index contributed by atoms with van der Waals surface area (Å²) in [4.78, 5) is 42.0. The highest BCUT2D eigenvalue weighted by Crippen LogP contribution is 2.60. The van der Waals surface area contributed by atoms with Gasteiger partial charge in [-0.15, -0.1) is 6.58 Å². The summed E-state index contributed by atoms with van der Waals surface area (Å²) in [5.74, 6) is -3.74. The third kappa shape index (κ3) is 3.48. The molecule has 9 heteroatoms. The van der Waals surface area contributed by atoms with Crippen LogP contribution in [0.2, 0.25) is 0 Å². The molecule has 3 heterocycles. The van der Waals surface area contributed by atoms with Crippen molar-refractivity contribution in [3.8, 4) is 0 Å². The minimum absolute atomic E-state index is 0.254. The van der Waals surface area contributed by atoms with E-state index in [1.165, 1.54) is 4.90 Å². The number of likely N-dealkylation sites (tertiary alicyclic amines) is 1. The summed E-state index contributed by atoms with van der Waals surface area (Å²) in [7, 11) is 0. The molecule has 30 heavy (non-hydrogen) atoms. The number of carbonyl (C=O) groups excluding carboxylic acids is 2. The van der Waals surface area contributed by atoms with Gasteiger partial charge in [0, 0.05) is 17.9 Å². The number of aliphatic hydroxyl groups excluding tert-OH is 1. The molecular formula is C21H31BrN2O6. The first-order valence-corrected chi connectivity index (χ1v) is 11.5. The fraction of sp³-hybridized carbons (Fsp3) is 0.762. The molecule has 1 spiro atoms. The molecule has 3 aliphatic heterocycles. The van der Waals surface area contributed by atoms with Gasteiger partial charge in [0.05, 0.1) is 30.6 Å². The number of fused-ring (bicyclic) bond motifs is 1. The van der Waals surface area contributed by atoms with Crippen molar-refractivity contribution in [2.45, 2.75) is 68.1 Å². The number of aliphatic hydroxyl groups is 1. The summed E-state index contributed by atoms with van der Waals surface area (Å²) in [5.41, 5.74) is -1.20. The van der Waals surface area contributed by atoms with Gasteiger partial charge in [-0.2, -0.15) is 0 Å². The summed E-state index contributed by atoms with van der Waals surface area (Å²) in [6.07, 6.45) is 4.17. The number of rotatable bonds is 10. The van der Waals surface area contributed by atoms with Crippen molar-refractivity contribution in [3.63, 3.8) is 0 Å². The number of hydrogen-bond donors (Lipinski definition) is 2. The Morgan fingerprint density at radius 1 is 1.47 bits per heavy atom. The molecule has 0 aromatic rings. The van der Waals surface area contributed by atoms with E-state index in [0.29, 0.717) is 19.5 Å². The van der Waals surface area contributed by atoms with E-state index in [1.54, 1.807) is 17.9 Å². The Labute approximate surface area is 185 Å². The quantitative estimate of drug-likeness (QED) is 0.274. The van der Waals surface area contributed by atoms with Gasteiger partial charge in [0.15, 0.2) is 0 Å². The van der Waals surface area contributed by atoms with Crippen LogP contribution >= 0.6 is 15.9 Å². The molecule has 0 radical (unpaired) electrons. The van der Waals surface area contributed by atoms with E-state index >= 15 is 0 Å². The van der Waals surface area contributed by atoms with Crippen LogP contribution in [0.3, 0.4) is 0 Å². The molecule has 0 aromatic heterocycles. The summed E-state index contributed by atoms with van der Waals surface area (Å²) in [6.45, 7) is 8.03. The molecule has 0 saturated carbocycles. The van der Waals surface area contributed by atoms with E-state index in [2.05, 4.69) is 29.4 Å². The maximum absolute atomic E-state index is 13.8. The second-order valence-electron chi connectivity index (χ2n) is 8.56. The molecule has 7 atom stereocenters. The maximum Gasteiger partial charge on any atom is 0.310 e. The molecule has 3 fully saturated rings. The summed E-state index contributed by atoms with van der Waals surface area (Å²) < 4.78 is 6.21. The Morgan fingerprint density at radius 2 is 2.17 bits per heavy atom. The Bertz CT molecular complexity index is 718. The van der Waals surface area contributed by atoms with Gasteiger partial charge in [0.1, 0.15) is 11.6 Å². The molecule has 2 amide bonds. The fourth-order valence-corrected chi connectivity index (χ4v) is 6.31. The monoisotopic (exact) mass is 486 g/mol. The third-order valence-electron chi connectivity index (χ3n) is 6.68. The van der Waals surface area contributed by atoms with Gasteiger partial charge in [0.25, 0.3) is 0 Å². The SMILES string of the molecule is C=CCN(CCCCC)C(=O)C1N([C@H](C)CO)C(=O)[C@@H]2[C@@H](C(=O)O)[C@@H]3OC12CC3Br. The first-order chi connectivity index (χ1) is 14.2. The molecule has 168 valence electrons. The van der Waals surface area contributed by atoms with Crippen LogP contribution in [0.4, 0.5) is 0 Å². The van der Waals surface area contributed by atoms with Crippen molar-refractivity contribution in [2.75, 3.05) is 19.7 Å². The number of carboxylic acid groups (broad SMARTS) is 1. The van der Waals surface area contributed by atoms with Crippen LogP contribution < -0.4 is 0 Å². The molecule has 3 unspecified atom stereocenters. The van der Waals surface area contributed by atoms with E-state index < -0.39 is 47.5 Å². The molecule has 8 nitrogen and oxygen atoms in total. The lowest BCUT2D eigenvalue weighted by atomic mass is 9.70. The van der Waals surface area contributed by atoms with Gasteiger partial charge in [-0.05, 0) is 19.8 Å². The topological polar surface area (TPSA) is 107 Å². The van der Waals surface area contributed by atoms with E-state index in [4.69, 9.17) is 4.74 Å². The van der Waals surface area contributed by atoms with Crippen LogP contribution in [0.1, 0.15) is 39.5 Å². The molecule has 0 aromatic carbocycles. The Hall–Kier alpha value is -1.45. The average molecular weight is 487 g/mol. The van der Waals surface area contributed by atoms with Crippen LogP contribution in [0.15, 0.2) is 12.7 Å². The van der Waals surface area contributed by atoms with Gasteiger partial charge in [0.2, 0.25) is 11.8 Å². The van der Waals surface area contributed by atoms with Gasteiger partial charge >= 0.3 is 5.97 Å². The highest BCUT2D eigenvalue weighted by molar-refractivity contribution is 9.09. The average Bonchev–Trinajstić information content (AvgIpc) is 3.30. The number of carbonyl (C=O) groups is 3. The first kappa shape index (κ1) is 23.2. The molecule has 2 N–H and O–H groups in total. The van der Waals surface area contributed by atoms with Crippen LogP contribution in [0.5, 0.6) is 0 Å². The molecular weight excluding hydrogens is 456 g/mol. The van der Waals surface area contributed by atoms with Crippen molar-refractivity contribution in [3.05, 3.63) is 12.7 Å². The van der Waals surface area contributed by atoms with Gasteiger partial charge < -0.3 is 24.7 Å². The van der Waals surface area contributed by atoms with Crippen molar-refractivity contribution < 1.29 is 29.3 Å². The number of aliphatic carboxylic acids is 1. The maximum atomic E-state index is 13.8. The second-order valence-corrected chi connectivity index (χ2v) is 9.74. The smallest absolute Gasteiger partial charge is 0.310 e. The van der Waals surface area contributed by atoms with Gasteiger partial charge in [-0.1, -0.05) is 41.8 Å². The Kier molecular flexibility index (Phi) is 6.94. The Balaban J connectivity index is 2.03. The lowest BCUT2D eigenvalue weighted by molar-refractivity contribution is -0.152. The number of amides is 2. The number of alkyl halides is 1.